The molecule has 0 radical (unpaired) electrons. The largest absolute Gasteiger partial charge is 0.388 e. The summed E-state index contributed by atoms with van der Waals surface area (Å²) in [5.41, 5.74) is 3.40. The maximum absolute atomic E-state index is 11.0. The number of Topliss-reactive ketones (excluding diaryl/α,β-unsaturated/α-hetero) is 1. The topological polar surface area (TPSA) is 61.1 Å². The van der Waals surface area contributed by atoms with Crippen LogP contribution in [0.1, 0.15) is 41.7 Å². The first-order valence-electron chi connectivity index (χ1n) is 7.04. The van der Waals surface area contributed by atoms with E-state index in [0.717, 1.165) is 16.7 Å². The van der Waals surface area contributed by atoms with Gasteiger partial charge in [-0.05, 0) is 35.7 Å². The summed E-state index contributed by atoms with van der Waals surface area (Å²) in [7, 11) is 0. The van der Waals surface area contributed by atoms with Crippen molar-refractivity contribution in [2.75, 3.05) is 0 Å². The molecule has 3 heteroatoms. The van der Waals surface area contributed by atoms with Crippen molar-refractivity contribution in [2.45, 2.75) is 19.4 Å². The van der Waals surface area contributed by atoms with Gasteiger partial charge in [-0.15, -0.1) is 0 Å². The third kappa shape index (κ3) is 4.41. The van der Waals surface area contributed by atoms with Crippen molar-refractivity contribution >= 4 is 17.9 Å². The Kier molecular flexibility index (Phi) is 5.24. The van der Waals surface area contributed by atoms with Crippen LogP contribution >= 0.6 is 0 Å². The fourth-order valence-corrected chi connectivity index (χ4v) is 2.08. The van der Waals surface area contributed by atoms with Crippen LogP contribution in [0.5, 0.6) is 0 Å². The summed E-state index contributed by atoms with van der Waals surface area (Å²) in [4.78, 5) is 11.0. The van der Waals surface area contributed by atoms with Crippen molar-refractivity contribution in [3.05, 3.63) is 70.8 Å². The molecular weight excluding hydrogens is 274 g/mol. The van der Waals surface area contributed by atoms with E-state index >= 15 is 0 Å². The zero-order valence-corrected chi connectivity index (χ0v) is 12.4. The summed E-state index contributed by atoms with van der Waals surface area (Å²) in [6.07, 6.45) is 3.32. The lowest BCUT2D eigenvalue weighted by atomic mass is 10.0. The molecule has 2 aromatic carbocycles. The van der Waals surface area contributed by atoms with Gasteiger partial charge in [0.1, 0.15) is 5.78 Å². The van der Waals surface area contributed by atoms with E-state index in [1.165, 1.54) is 6.92 Å². The SMILES string of the molecule is CC(=O)CC(O)c1ccc(/C=C/c2ccc(C#N)cc2)cc1. The molecule has 0 aliphatic heterocycles. The molecule has 0 spiro atoms. The molecular formula is C19H17NO2. The van der Waals surface area contributed by atoms with Crippen LogP contribution < -0.4 is 0 Å². The zero-order chi connectivity index (χ0) is 15.9. The average molecular weight is 291 g/mol. The molecule has 1 atom stereocenters. The number of carbonyl (C=O) groups is 1. The van der Waals surface area contributed by atoms with Crippen molar-refractivity contribution in [1.82, 2.24) is 0 Å². The van der Waals surface area contributed by atoms with Crippen molar-refractivity contribution in [3.8, 4) is 6.07 Å². The smallest absolute Gasteiger partial charge is 0.132 e. The molecule has 1 unspecified atom stereocenters. The third-order valence-electron chi connectivity index (χ3n) is 3.31. The van der Waals surface area contributed by atoms with Gasteiger partial charge in [-0.1, -0.05) is 48.6 Å². The Hall–Kier alpha value is -2.70. The van der Waals surface area contributed by atoms with Gasteiger partial charge in [-0.25, -0.2) is 0 Å². The molecule has 0 aliphatic rings. The first-order valence-corrected chi connectivity index (χ1v) is 7.04. The summed E-state index contributed by atoms with van der Waals surface area (Å²) in [5, 5.41) is 18.6. The second kappa shape index (κ2) is 7.35. The molecule has 0 aromatic heterocycles. The third-order valence-corrected chi connectivity index (χ3v) is 3.31. The second-order valence-electron chi connectivity index (χ2n) is 5.16. The molecule has 0 saturated carbocycles. The second-order valence-corrected chi connectivity index (χ2v) is 5.16. The molecule has 3 nitrogen and oxygen atoms in total. The van der Waals surface area contributed by atoms with Gasteiger partial charge in [-0.2, -0.15) is 5.26 Å². The van der Waals surface area contributed by atoms with Gasteiger partial charge in [0.05, 0.1) is 17.7 Å². The van der Waals surface area contributed by atoms with Gasteiger partial charge in [0.25, 0.3) is 0 Å². The number of hydrogen-bond acceptors (Lipinski definition) is 3. The van der Waals surface area contributed by atoms with Crippen molar-refractivity contribution in [2.24, 2.45) is 0 Å². The van der Waals surface area contributed by atoms with E-state index in [0.29, 0.717) is 5.56 Å². The minimum Gasteiger partial charge on any atom is -0.388 e. The molecule has 1 N–H and O–H groups in total. The van der Waals surface area contributed by atoms with Gasteiger partial charge in [0.2, 0.25) is 0 Å². The number of hydrogen-bond donors (Lipinski definition) is 1. The Morgan fingerprint density at radius 1 is 1.09 bits per heavy atom. The quantitative estimate of drug-likeness (QED) is 0.854. The summed E-state index contributed by atoms with van der Waals surface area (Å²) in [6.45, 7) is 1.47. The molecule has 0 heterocycles. The summed E-state index contributed by atoms with van der Waals surface area (Å²) in [5.74, 6) is -0.0303. The van der Waals surface area contributed by atoms with Gasteiger partial charge in [0.15, 0.2) is 0 Å². The molecule has 2 aromatic rings. The van der Waals surface area contributed by atoms with E-state index in [-0.39, 0.29) is 12.2 Å². The first kappa shape index (κ1) is 15.7. The highest BCUT2D eigenvalue weighted by atomic mass is 16.3. The highest BCUT2D eigenvalue weighted by Crippen LogP contribution is 2.18. The summed E-state index contributed by atoms with van der Waals surface area (Å²) >= 11 is 0. The normalized spacial score (nSPS) is 12.0. The van der Waals surface area contributed by atoms with Crippen LogP contribution in [0, 0.1) is 11.3 Å². The van der Waals surface area contributed by atoms with Crippen molar-refractivity contribution in [3.63, 3.8) is 0 Å². The number of rotatable bonds is 5. The number of nitrogens with zero attached hydrogens (tertiary/aromatic N) is 1. The number of nitriles is 1. The van der Waals surface area contributed by atoms with Gasteiger partial charge in [0, 0.05) is 6.42 Å². The highest BCUT2D eigenvalue weighted by Gasteiger charge is 2.09. The minimum absolute atomic E-state index is 0.0303. The fourth-order valence-electron chi connectivity index (χ4n) is 2.08. The molecule has 2 rings (SSSR count). The predicted molar refractivity (Wildman–Crippen MR) is 86.8 cm³/mol. The van der Waals surface area contributed by atoms with E-state index in [2.05, 4.69) is 6.07 Å². The molecule has 110 valence electrons. The summed E-state index contributed by atoms with van der Waals surface area (Å²) < 4.78 is 0. The Bertz CT molecular complexity index is 707. The van der Waals surface area contributed by atoms with Crippen LogP contribution in [0.2, 0.25) is 0 Å². The molecule has 0 amide bonds. The van der Waals surface area contributed by atoms with Crippen LogP contribution in [0.4, 0.5) is 0 Å². The van der Waals surface area contributed by atoms with Crippen LogP contribution in [0.25, 0.3) is 12.2 Å². The maximum atomic E-state index is 11.0. The molecule has 0 bridgehead atoms. The van der Waals surface area contributed by atoms with Crippen molar-refractivity contribution in [1.29, 1.82) is 5.26 Å². The number of carbonyl (C=O) groups excluding carboxylic acids is 1. The van der Waals surface area contributed by atoms with Crippen LogP contribution in [-0.2, 0) is 4.79 Å². The monoisotopic (exact) mass is 291 g/mol. The lowest BCUT2D eigenvalue weighted by molar-refractivity contribution is -0.118. The number of aliphatic hydroxyl groups is 1. The standard InChI is InChI=1S/C19H17NO2/c1-14(21)12-19(22)18-10-8-16(9-11-18)3-2-15-4-6-17(13-20)7-5-15/h2-11,19,22H,12H2,1H3/b3-2+. The van der Waals surface area contributed by atoms with Gasteiger partial charge < -0.3 is 5.11 Å². The average Bonchev–Trinajstić information content (AvgIpc) is 2.53. The Morgan fingerprint density at radius 3 is 2.05 bits per heavy atom. The fraction of sp³-hybridized carbons (Fsp3) is 0.158. The van der Waals surface area contributed by atoms with Crippen LogP contribution in [0.15, 0.2) is 48.5 Å². The van der Waals surface area contributed by atoms with Gasteiger partial charge >= 0.3 is 0 Å². The highest BCUT2D eigenvalue weighted by molar-refractivity contribution is 5.76. The van der Waals surface area contributed by atoms with Crippen molar-refractivity contribution < 1.29 is 9.90 Å². The van der Waals surface area contributed by atoms with Crippen LogP contribution in [-0.4, -0.2) is 10.9 Å². The number of aliphatic hydroxyl groups excluding tert-OH is 1. The molecule has 0 saturated heterocycles. The van der Waals surface area contributed by atoms with Crippen LogP contribution in [0.3, 0.4) is 0 Å². The minimum atomic E-state index is -0.742. The summed E-state index contributed by atoms with van der Waals surface area (Å²) in [6, 6.07) is 16.9. The molecule has 0 fully saturated rings. The lowest BCUT2D eigenvalue weighted by Crippen LogP contribution is -2.02. The number of benzene rings is 2. The van der Waals surface area contributed by atoms with Gasteiger partial charge in [-0.3, -0.25) is 4.79 Å². The zero-order valence-electron chi connectivity index (χ0n) is 12.4. The van der Waals surface area contributed by atoms with E-state index in [4.69, 9.17) is 5.26 Å². The molecule has 0 aliphatic carbocycles. The maximum Gasteiger partial charge on any atom is 0.132 e. The Morgan fingerprint density at radius 2 is 1.59 bits per heavy atom. The molecule has 22 heavy (non-hydrogen) atoms. The van der Waals surface area contributed by atoms with E-state index in [9.17, 15) is 9.90 Å². The van der Waals surface area contributed by atoms with E-state index < -0.39 is 6.10 Å². The Labute approximate surface area is 130 Å². The number of ketones is 1. The first-order chi connectivity index (χ1) is 10.6. The Balaban J connectivity index is 2.05. The van der Waals surface area contributed by atoms with E-state index in [1.807, 2.05) is 48.6 Å². The predicted octanol–water partition coefficient (Wildman–Crippen LogP) is 3.74. The van der Waals surface area contributed by atoms with E-state index in [1.54, 1.807) is 12.1 Å². The lowest BCUT2D eigenvalue weighted by Gasteiger charge is -2.08.